The Hall–Kier alpha value is -6.30. The molecule has 1 aliphatic heterocycles. The van der Waals surface area contributed by atoms with Crippen LogP contribution in [0, 0.1) is 0 Å². The maximum atomic E-state index is 9.66. The summed E-state index contributed by atoms with van der Waals surface area (Å²) in [4.78, 5) is 9.66. The van der Waals surface area contributed by atoms with E-state index in [4.69, 9.17) is 32.2 Å². The van der Waals surface area contributed by atoms with Gasteiger partial charge in [0.25, 0.3) is 0 Å². The largest absolute Gasteiger partial charge is 0.456 e. The summed E-state index contributed by atoms with van der Waals surface area (Å²) in [6.07, 6.45) is -1.40. The quantitative estimate of drug-likeness (QED) is 0.197. The van der Waals surface area contributed by atoms with E-state index in [-0.39, 0.29) is 37.1 Å². The maximum Gasteiger partial charge on any atom is 0.169 e. The molecule has 1 atom stereocenters. The van der Waals surface area contributed by atoms with Crippen LogP contribution in [0.15, 0.2) is 178 Å². The third-order valence-electron chi connectivity index (χ3n) is 8.40. The molecule has 50 heavy (non-hydrogen) atoms. The van der Waals surface area contributed by atoms with Crippen LogP contribution in [0.3, 0.4) is 0 Å². The number of aliphatic imine (C=N–C) groups is 2. The normalized spacial score (nSPS) is 18.8. The highest BCUT2D eigenvalue weighted by atomic mass is 32.1. The second kappa shape index (κ2) is 11.7. The number of hydrogen-bond acceptors (Lipinski definition) is 5. The first kappa shape index (κ1) is 17.4. The van der Waals surface area contributed by atoms with Gasteiger partial charge in [-0.05, 0) is 64.1 Å². The molecule has 1 aliphatic rings. The number of hydrogen-bond donors (Lipinski definition) is 1. The number of nitrogens with one attached hydrogen (secondary N) is 1. The van der Waals surface area contributed by atoms with Gasteiger partial charge in [-0.15, -0.1) is 11.3 Å². The Labute approximate surface area is 313 Å². The van der Waals surface area contributed by atoms with E-state index in [2.05, 4.69) is 5.32 Å². The van der Waals surface area contributed by atoms with Crippen molar-refractivity contribution in [2.75, 3.05) is 0 Å². The van der Waals surface area contributed by atoms with Crippen LogP contribution < -0.4 is 5.32 Å². The summed E-state index contributed by atoms with van der Waals surface area (Å²) in [5.74, 6) is 0.565. The lowest BCUT2D eigenvalue weighted by atomic mass is 9.96. The molecule has 0 fully saturated rings. The minimum atomic E-state index is -1.40. The third-order valence-corrected chi connectivity index (χ3v) is 9.53. The fraction of sp³-hybridized carbons (Fsp3) is 0.0222. The van der Waals surface area contributed by atoms with E-state index in [0.29, 0.717) is 28.1 Å². The molecule has 4 nitrogen and oxygen atoms in total. The molecule has 2 aromatic heterocycles. The van der Waals surface area contributed by atoms with Crippen molar-refractivity contribution in [1.29, 1.82) is 0 Å². The van der Waals surface area contributed by atoms with Gasteiger partial charge < -0.3 is 9.73 Å². The van der Waals surface area contributed by atoms with E-state index < -0.39 is 113 Å². The van der Waals surface area contributed by atoms with E-state index >= 15 is 0 Å². The van der Waals surface area contributed by atoms with Crippen molar-refractivity contribution in [2.24, 2.45) is 9.98 Å². The standard InChI is InChI=1S/C45H29N3OS/c1-2-11-28(12-3-1)43-46-44(48-45(47-43)33-23-24-36-35-17-4-6-21-39(35)49-40(36)27-33)32-16-9-14-30(26-32)29-13-8-15-31(25-29)34-19-10-20-38-37-18-5-7-22-41(37)50-42(34)38/h1-27,44H,(H,46,47,48)/i5D,7D,8D,9D,10D,13D,14D,15D,16D,18D,19D,20D,22D,25D,26D. The Morgan fingerprint density at radius 1 is 0.560 bits per heavy atom. The van der Waals surface area contributed by atoms with E-state index in [0.717, 1.165) is 22.1 Å². The van der Waals surface area contributed by atoms with Crippen LogP contribution in [0.4, 0.5) is 0 Å². The number of amidine groups is 2. The fourth-order valence-electron chi connectivity index (χ4n) is 6.05. The number of rotatable bonds is 5. The van der Waals surface area contributed by atoms with E-state index in [9.17, 15) is 2.74 Å². The molecule has 0 spiro atoms. The zero-order valence-electron chi connectivity index (χ0n) is 40.7. The molecule has 0 bridgehead atoms. The van der Waals surface area contributed by atoms with Gasteiger partial charge in [0, 0.05) is 42.1 Å². The molecular formula is C45H29N3OS. The lowest BCUT2D eigenvalue weighted by Gasteiger charge is -2.22. The highest BCUT2D eigenvalue weighted by Gasteiger charge is 2.22. The highest BCUT2D eigenvalue weighted by molar-refractivity contribution is 7.26. The van der Waals surface area contributed by atoms with Gasteiger partial charge in [0.2, 0.25) is 0 Å². The van der Waals surface area contributed by atoms with E-state index in [1.165, 1.54) is 0 Å². The summed E-state index contributed by atoms with van der Waals surface area (Å²) < 4.78 is 140. The van der Waals surface area contributed by atoms with Crippen molar-refractivity contribution in [1.82, 2.24) is 5.32 Å². The summed E-state index contributed by atoms with van der Waals surface area (Å²) in [7, 11) is 0. The van der Waals surface area contributed by atoms with Crippen molar-refractivity contribution in [3.05, 3.63) is 180 Å². The third kappa shape index (κ3) is 4.90. The Morgan fingerprint density at radius 3 is 2.20 bits per heavy atom. The molecule has 0 amide bonds. The number of furan rings is 1. The number of fused-ring (bicyclic) bond motifs is 6. The van der Waals surface area contributed by atoms with Crippen molar-refractivity contribution in [2.45, 2.75) is 6.17 Å². The molecule has 7 aromatic carbocycles. The van der Waals surface area contributed by atoms with Crippen molar-refractivity contribution >= 4 is 65.1 Å². The molecule has 10 rings (SSSR count). The first-order valence-corrected chi connectivity index (χ1v) is 16.4. The number of para-hydroxylation sites is 1. The van der Waals surface area contributed by atoms with Crippen molar-refractivity contribution < 1.29 is 25.0 Å². The molecule has 0 aliphatic carbocycles. The number of benzene rings is 7. The number of nitrogens with zero attached hydrogens (tertiary/aromatic N) is 2. The van der Waals surface area contributed by atoms with Gasteiger partial charge in [0.1, 0.15) is 22.8 Å². The second-order valence-corrected chi connectivity index (χ2v) is 12.4. The molecule has 1 unspecified atom stereocenters. The van der Waals surface area contributed by atoms with Gasteiger partial charge in [0.15, 0.2) is 6.17 Å². The molecule has 0 radical (unpaired) electrons. The molecule has 0 saturated carbocycles. The Bertz CT molecular complexity index is 3660. The van der Waals surface area contributed by atoms with Gasteiger partial charge in [-0.2, -0.15) is 0 Å². The fourth-order valence-corrected chi connectivity index (χ4v) is 7.12. The molecule has 1 N–H and O–H groups in total. The molecule has 5 heteroatoms. The molecule has 0 saturated heterocycles. The van der Waals surface area contributed by atoms with Crippen LogP contribution in [-0.2, 0) is 0 Å². The summed E-state index contributed by atoms with van der Waals surface area (Å²) in [6, 6.07) is 12.5. The van der Waals surface area contributed by atoms with Crippen LogP contribution in [0.1, 0.15) is 43.4 Å². The predicted octanol–water partition coefficient (Wildman–Crippen LogP) is 11.8. The molecule has 9 aromatic rings. The molecule has 236 valence electrons. The smallest absolute Gasteiger partial charge is 0.169 e. The van der Waals surface area contributed by atoms with Gasteiger partial charge in [-0.1, -0.05) is 127 Å². The van der Waals surface area contributed by atoms with Crippen LogP contribution in [0.5, 0.6) is 0 Å². The molecule has 3 heterocycles. The first-order valence-electron chi connectivity index (χ1n) is 23.0. The monoisotopic (exact) mass is 674 g/mol. The van der Waals surface area contributed by atoms with Gasteiger partial charge >= 0.3 is 0 Å². The second-order valence-electron chi connectivity index (χ2n) is 11.4. The average Bonchev–Trinajstić information content (AvgIpc) is 3.90. The summed E-state index contributed by atoms with van der Waals surface area (Å²) in [6.45, 7) is 0. The lowest BCUT2D eigenvalue weighted by Crippen LogP contribution is -2.36. The van der Waals surface area contributed by atoms with Gasteiger partial charge in [0.05, 0.1) is 20.6 Å². The minimum Gasteiger partial charge on any atom is -0.456 e. The van der Waals surface area contributed by atoms with Gasteiger partial charge in [-0.25, -0.2) is 9.98 Å². The van der Waals surface area contributed by atoms with E-state index in [1.807, 2.05) is 42.5 Å². The van der Waals surface area contributed by atoms with Crippen LogP contribution >= 0.6 is 11.3 Å². The zero-order chi connectivity index (χ0) is 46.1. The topological polar surface area (TPSA) is 49.9 Å². The maximum absolute atomic E-state index is 9.66. The van der Waals surface area contributed by atoms with Crippen LogP contribution in [0.2, 0.25) is 0 Å². The average molecular weight is 675 g/mol. The lowest BCUT2D eigenvalue weighted by molar-refractivity contribution is 0.668. The highest BCUT2D eigenvalue weighted by Crippen LogP contribution is 2.41. The Morgan fingerprint density at radius 2 is 1.28 bits per heavy atom. The SMILES string of the molecule is [2H]c1c([2H])c(-c2c([2H])c([2H])c([2H])c(C3N=C(c4ccccc4)NC(c4ccc5c(c4)oc4ccccc45)=N3)c2[2H])c([2H])c(-c2c([2H])c([2H])c([2H])c3c2sc2c([2H])c([2H])c([2H])c([2H])c23)c1[2H]. The first-order chi connectivity index (χ1) is 31.0. The zero-order valence-corrected chi connectivity index (χ0v) is 26.5. The molecular weight excluding hydrogens is 631 g/mol. The number of thiophene rings is 1. The van der Waals surface area contributed by atoms with Crippen LogP contribution in [-0.4, -0.2) is 11.7 Å². The van der Waals surface area contributed by atoms with Crippen LogP contribution in [0.25, 0.3) is 64.4 Å². The summed E-state index contributed by atoms with van der Waals surface area (Å²) >= 11 is 0.764. The summed E-state index contributed by atoms with van der Waals surface area (Å²) in [5.41, 5.74) is 0.294. The van der Waals surface area contributed by atoms with Crippen molar-refractivity contribution in [3.63, 3.8) is 0 Å². The predicted molar refractivity (Wildman–Crippen MR) is 209 cm³/mol. The summed E-state index contributed by atoms with van der Waals surface area (Å²) in [5, 5.41) is 4.81. The minimum absolute atomic E-state index is 0.00140. The van der Waals surface area contributed by atoms with Crippen molar-refractivity contribution in [3.8, 4) is 22.3 Å². The Balaban J connectivity index is 1.23. The van der Waals surface area contributed by atoms with Gasteiger partial charge in [-0.3, -0.25) is 0 Å². The van der Waals surface area contributed by atoms with E-state index in [1.54, 1.807) is 30.3 Å². The Kier molecular flexibility index (Phi) is 4.06.